The minimum absolute atomic E-state index is 0.123. The highest BCUT2D eigenvalue weighted by atomic mass is 16.5. The van der Waals surface area contributed by atoms with Gasteiger partial charge in [0.05, 0.1) is 26.4 Å². The fourth-order valence-corrected chi connectivity index (χ4v) is 33.8. The van der Waals surface area contributed by atoms with Gasteiger partial charge in [-0.15, -0.1) is 12.2 Å². The summed E-state index contributed by atoms with van der Waals surface area (Å²) in [6, 6.07) is 47.9. The minimum Gasteiger partial charge on any atom is -0.851 e. The molecule has 0 bridgehead atoms. The fourth-order valence-electron chi connectivity index (χ4n) is 33.8. The van der Waals surface area contributed by atoms with Crippen molar-refractivity contribution in [1.82, 2.24) is 0 Å². The quantitative estimate of drug-likeness (QED) is 0.0603. The van der Waals surface area contributed by atoms with E-state index in [0.29, 0.717) is 72.6 Å². The van der Waals surface area contributed by atoms with Crippen molar-refractivity contribution in [2.75, 3.05) is 36.2 Å². The summed E-state index contributed by atoms with van der Waals surface area (Å²) in [5.74, 6) is 3.34. The van der Waals surface area contributed by atoms with E-state index in [1.165, 1.54) is 111 Å². The van der Waals surface area contributed by atoms with Crippen LogP contribution in [-0.2, 0) is 86.6 Å². The third kappa shape index (κ3) is 16.6. The van der Waals surface area contributed by atoms with E-state index in [1.807, 2.05) is 24.3 Å². The van der Waals surface area contributed by atoms with Crippen LogP contribution in [0.25, 0.3) is 44.5 Å². The molecule has 19 rings (SSSR count). The van der Waals surface area contributed by atoms with Crippen LogP contribution < -0.4 is 39.0 Å². The van der Waals surface area contributed by atoms with Gasteiger partial charge < -0.3 is 49.2 Å². The highest BCUT2D eigenvalue weighted by molar-refractivity contribution is 5.92. The highest BCUT2D eigenvalue weighted by Gasteiger charge is 2.61. The molecule has 0 atom stereocenters. The third-order valence-corrected chi connectivity index (χ3v) is 36.3. The molecule has 0 saturated heterocycles. The molecule has 1 fully saturated rings. The zero-order valence-corrected chi connectivity index (χ0v) is 97.0. The van der Waals surface area contributed by atoms with Crippen molar-refractivity contribution in [3.05, 3.63) is 234 Å². The Kier molecular flexibility index (Phi) is 24.5. The van der Waals surface area contributed by atoms with Gasteiger partial charge >= 0.3 is 0 Å². The van der Waals surface area contributed by atoms with E-state index in [-0.39, 0.29) is 98.1 Å². The smallest absolute Gasteiger partial charge is 0.127 e. The number of ether oxygens (including phenoxy) is 4. The molecule has 0 amide bonds. The van der Waals surface area contributed by atoms with Crippen LogP contribution in [0.5, 0.6) is 34.5 Å². The van der Waals surface area contributed by atoms with Crippen LogP contribution in [0, 0.1) is 23.7 Å². The van der Waals surface area contributed by atoms with Crippen LogP contribution >= 0.6 is 0 Å². The molecule has 0 aliphatic heterocycles. The lowest BCUT2D eigenvalue weighted by molar-refractivity contribution is -0.536. The van der Waals surface area contributed by atoms with Crippen molar-refractivity contribution in [3.8, 4) is 79.0 Å². The fraction of sp³-hybridized carbons (Fsp3) is 0.559. The Morgan fingerprint density at radius 3 is 0.514 bits per heavy atom. The molecule has 146 heavy (non-hydrogen) atoms. The molecule has 0 radical (unpaired) electrons. The lowest BCUT2D eigenvalue weighted by atomic mass is 9.63. The zero-order valence-electron chi connectivity index (χ0n) is 97.0. The summed E-state index contributed by atoms with van der Waals surface area (Å²) in [6.07, 6.45) is 4.88. The second kappa shape index (κ2) is 34.0. The van der Waals surface area contributed by atoms with E-state index in [2.05, 4.69) is 384 Å². The van der Waals surface area contributed by atoms with Crippen LogP contribution in [0.1, 0.15) is 440 Å². The summed E-state index contributed by atoms with van der Waals surface area (Å²) in [4.78, 5) is 4.46. The van der Waals surface area contributed by atoms with Gasteiger partial charge in [-0.1, -0.05) is 338 Å². The summed E-state index contributed by atoms with van der Waals surface area (Å²) >= 11 is 0. The number of hydrogen-bond acceptors (Lipinski definition) is 10. The molecule has 10 aromatic rings. The first-order chi connectivity index (χ1) is 67.3. The van der Waals surface area contributed by atoms with Crippen molar-refractivity contribution in [3.63, 3.8) is 0 Å². The summed E-state index contributed by atoms with van der Waals surface area (Å²) in [5, 5.41) is 57.4. The van der Waals surface area contributed by atoms with Gasteiger partial charge in [0.2, 0.25) is 0 Å². The normalized spacial score (nSPS) is 23.1. The molecule has 10 nitrogen and oxygen atoms in total. The maximum Gasteiger partial charge on any atom is 0.127 e. The average molecular weight is 1970 g/mol. The highest BCUT2D eigenvalue weighted by Crippen LogP contribution is 2.72. The SMILES string of the molecule is CC(C)COc1c2c(c(-c3ccc(N(c4ccc(-c5c6c(c(OCC(C)C)c7c5C(C)(C)CC7(C)C)C(C)(C)CC6(C)C)cc4)c4ccc(C5C([O-])C(c6ccc(N(c7ccc(-c8c9c(c(OCC(C)C)c%10c8C(C)(C)CC%10(C)C)C(C)(C)CC9(C)C)cc7)c7ccc(-c8c9c(c(OCC(C)C)c%10c8C(C)(C)CC%10(C)C)C(C)(C)CC9(C)C)cc7)cc6O)C5[O-])c(O)c4)cc3)c3c1C(C)(C)CC3(C)C)C(C)(C)CC2(C)C. The molecule has 0 aromatic heterocycles. The molecule has 2 N–H and O–H groups in total. The summed E-state index contributed by atoms with van der Waals surface area (Å²) in [5.41, 5.74) is 34.7. The molecule has 780 valence electrons. The first-order valence-corrected chi connectivity index (χ1v) is 55.8. The number of rotatable bonds is 24. The molecule has 0 unspecified atom stereocenters. The molecule has 1 saturated carbocycles. The van der Waals surface area contributed by atoms with E-state index in [9.17, 15) is 10.2 Å². The molecular weight excluding hydrogens is 1790 g/mol. The van der Waals surface area contributed by atoms with E-state index in [1.54, 1.807) is 12.1 Å². The van der Waals surface area contributed by atoms with Crippen LogP contribution in [0.2, 0.25) is 0 Å². The number of fused-ring (bicyclic) bond motifs is 8. The molecule has 10 aromatic carbocycles. The van der Waals surface area contributed by atoms with Crippen LogP contribution in [0.15, 0.2) is 133 Å². The average Bonchev–Trinajstić information content (AvgIpc) is 1.53. The van der Waals surface area contributed by atoms with Gasteiger partial charge in [0, 0.05) is 90.8 Å². The Morgan fingerprint density at radius 1 is 0.226 bits per heavy atom. The lowest BCUT2D eigenvalue weighted by Gasteiger charge is -2.61. The van der Waals surface area contributed by atoms with E-state index >= 15 is 10.2 Å². The van der Waals surface area contributed by atoms with Crippen LogP contribution in [-0.4, -0.2) is 48.8 Å². The van der Waals surface area contributed by atoms with E-state index in [4.69, 9.17) is 18.9 Å². The predicted octanol–water partition coefficient (Wildman–Crippen LogP) is 33.9. The Bertz CT molecular complexity index is 5920. The first-order valence-electron chi connectivity index (χ1n) is 55.8. The number of hydrogen-bond donors (Lipinski definition) is 2. The van der Waals surface area contributed by atoms with Gasteiger partial charge in [-0.3, -0.25) is 0 Å². The lowest BCUT2D eigenvalue weighted by Crippen LogP contribution is -2.63. The molecular formula is C136H176N2O8-2. The number of anilines is 6. The number of aromatic hydroxyl groups is 2. The van der Waals surface area contributed by atoms with Gasteiger partial charge in [0.25, 0.3) is 0 Å². The van der Waals surface area contributed by atoms with Gasteiger partial charge in [-0.25, -0.2) is 0 Å². The first kappa shape index (κ1) is 105. The largest absolute Gasteiger partial charge is 0.851 e. The summed E-state index contributed by atoms with van der Waals surface area (Å²) < 4.78 is 28.9. The van der Waals surface area contributed by atoms with E-state index in [0.717, 1.165) is 119 Å². The van der Waals surface area contributed by atoms with Crippen molar-refractivity contribution in [2.45, 2.75) is 439 Å². The third-order valence-electron chi connectivity index (χ3n) is 36.3. The van der Waals surface area contributed by atoms with E-state index < -0.39 is 24.0 Å². The summed E-state index contributed by atoms with van der Waals surface area (Å²) in [6.45, 7) is 98.4. The van der Waals surface area contributed by atoms with Crippen LogP contribution in [0.3, 0.4) is 0 Å². The molecule has 0 spiro atoms. The number of phenolic OH excluding ortho intramolecular Hbond substituents is 2. The second-order valence-electron chi connectivity index (χ2n) is 59.5. The van der Waals surface area contributed by atoms with Crippen molar-refractivity contribution in [2.24, 2.45) is 23.7 Å². The van der Waals surface area contributed by atoms with Crippen molar-refractivity contribution < 1.29 is 39.4 Å². The Labute approximate surface area is 879 Å². The van der Waals surface area contributed by atoms with Crippen LogP contribution in [0.4, 0.5) is 34.1 Å². The Hall–Kier alpha value is -9.48. The minimum atomic E-state index is -1.50. The second-order valence-corrected chi connectivity index (χ2v) is 59.5. The van der Waals surface area contributed by atoms with Gasteiger partial charge in [-0.05, 0) is 334 Å². The predicted molar refractivity (Wildman–Crippen MR) is 607 cm³/mol. The molecule has 9 aliphatic carbocycles. The zero-order chi connectivity index (χ0) is 107. The Balaban J connectivity index is 0.723. The standard InChI is InChI=1S/C136H176N2O8/c1-75(2)63-143-117-107-99(121(9,10)67-129(107,25)26)93(100-108(117)130(27,28)68-122(100,11)12)79-41-49-83(50-42-79)137(84-51-43-80(44-52-84)94-101-109(131(29,30)69-123(101,13)14)118(144-64-76(3)4)110-102(94)124(15,16)70-132(110,31)32)87-57-59-89(91(139)61-87)97-115(141)98(116(97)142)90-60-58-88(62-92(90)140)138(85-53-45-81(46-54-85)95-103-111(133(33,34)71-125(103,17)18)119(145-65-77(5)6)112-104(95)126(19,20)72-134(112,35)36)86-55-47-82(48-56-86)96-105-113(135(37,38)73-127(105,21)22)120(146-66-78(7)8)114-106(96)128(23,24)74-136(114,39)40/h41-62,75-78,97-98,115-116,139-140H,63-74H2,1-40H3/q-2. The number of phenols is 2. The monoisotopic (exact) mass is 1970 g/mol. The maximum absolute atomic E-state index is 15.7. The van der Waals surface area contributed by atoms with Gasteiger partial charge in [0.1, 0.15) is 34.5 Å². The number of nitrogens with zero attached hydrogens (tertiary/aromatic N) is 2. The van der Waals surface area contributed by atoms with Crippen molar-refractivity contribution in [1.29, 1.82) is 0 Å². The molecule has 0 heterocycles. The maximum atomic E-state index is 15.7. The topological polar surface area (TPSA) is 130 Å². The van der Waals surface area contributed by atoms with Gasteiger partial charge in [0.15, 0.2) is 0 Å². The number of benzene rings is 10. The summed E-state index contributed by atoms with van der Waals surface area (Å²) in [7, 11) is 0. The van der Waals surface area contributed by atoms with Gasteiger partial charge in [-0.2, -0.15) is 0 Å². The Morgan fingerprint density at radius 2 is 0.370 bits per heavy atom. The molecule has 9 aliphatic rings. The van der Waals surface area contributed by atoms with Crippen molar-refractivity contribution >= 4 is 34.1 Å². The molecule has 10 heteroatoms.